The molecule has 0 aromatic carbocycles. The van der Waals surface area contributed by atoms with Gasteiger partial charge >= 0.3 is 0 Å². The van der Waals surface area contributed by atoms with Crippen molar-refractivity contribution >= 4 is 21.4 Å². The molecule has 2 bridgehead atoms. The summed E-state index contributed by atoms with van der Waals surface area (Å²) in [5.41, 5.74) is 0. The van der Waals surface area contributed by atoms with Gasteiger partial charge in [0, 0.05) is 21.8 Å². The minimum absolute atomic E-state index is 0.0154. The number of nitrogens with zero attached hydrogens (tertiary/aromatic N) is 1. The molecule has 19 heavy (non-hydrogen) atoms. The van der Waals surface area contributed by atoms with E-state index in [2.05, 4.69) is 0 Å². The molecule has 3 heterocycles. The highest BCUT2D eigenvalue weighted by molar-refractivity contribution is 7.89. The normalized spacial score (nSPS) is 31.8. The van der Waals surface area contributed by atoms with Gasteiger partial charge in [-0.2, -0.15) is 4.31 Å². The number of piperidine rings is 1. The number of aliphatic hydroxyl groups excluding tert-OH is 1. The summed E-state index contributed by atoms with van der Waals surface area (Å²) in [6.45, 7) is 3.80. The van der Waals surface area contributed by atoms with E-state index in [-0.39, 0.29) is 18.2 Å². The fourth-order valence-corrected chi connectivity index (χ4v) is 6.89. The third-order valence-corrected chi connectivity index (χ3v) is 7.42. The van der Waals surface area contributed by atoms with Crippen LogP contribution in [0.3, 0.4) is 0 Å². The van der Waals surface area contributed by atoms with Gasteiger partial charge in [0.15, 0.2) is 0 Å². The first-order valence-corrected chi connectivity index (χ1v) is 8.94. The smallest absolute Gasteiger partial charge is 0.244 e. The zero-order chi connectivity index (χ0) is 13.8. The van der Waals surface area contributed by atoms with E-state index in [1.165, 1.54) is 11.3 Å². The Labute approximate surface area is 118 Å². The molecule has 0 amide bonds. The number of sulfonamides is 1. The van der Waals surface area contributed by atoms with E-state index in [1.54, 1.807) is 10.4 Å². The van der Waals surface area contributed by atoms with E-state index in [1.807, 2.05) is 13.8 Å². The lowest BCUT2D eigenvalue weighted by Crippen LogP contribution is -2.47. The van der Waals surface area contributed by atoms with Crippen molar-refractivity contribution in [3.05, 3.63) is 15.8 Å². The first-order valence-electron chi connectivity index (χ1n) is 6.68. The van der Waals surface area contributed by atoms with E-state index >= 15 is 0 Å². The van der Waals surface area contributed by atoms with Crippen molar-refractivity contribution in [2.24, 2.45) is 0 Å². The predicted molar refractivity (Wildman–Crippen MR) is 74.9 cm³/mol. The summed E-state index contributed by atoms with van der Waals surface area (Å²) in [6, 6.07) is 1.75. The zero-order valence-electron chi connectivity index (χ0n) is 11.2. The highest BCUT2D eigenvalue weighted by Gasteiger charge is 2.47. The Hall–Kier alpha value is -0.430. The van der Waals surface area contributed by atoms with Crippen LogP contribution in [0.1, 0.15) is 35.4 Å². The Kier molecular flexibility index (Phi) is 3.24. The molecular weight excluding hydrogens is 282 g/mol. The summed E-state index contributed by atoms with van der Waals surface area (Å²) in [4.78, 5) is 2.35. The monoisotopic (exact) mass is 301 g/mol. The molecule has 0 spiro atoms. The SMILES string of the molecule is Cc1cc(S(=O)(=O)N2C3CCC2CC(O)C3)c(C)s1. The van der Waals surface area contributed by atoms with Gasteiger partial charge < -0.3 is 5.11 Å². The van der Waals surface area contributed by atoms with Crippen LogP contribution >= 0.6 is 11.3 Å². The molecule has 3 rings (SSSR count). The Morgan fingerprint density at radius 1 is 1.26 bits per heavy atom. The lowest BCUT2D eigenvalue weighted by molar-refractivity contribution is 0.0769. The Morgan fingerprint density at radius 3 is 2.32 bits per heavy atom. The molecule has 4 nitrogen and oxygen atoms in total. The van der Waals surface area contributed by atoms with Crippen LogP contribution in [0, 0.1) is 13.8 Å². The molecule has 0 saturated carbocycles. The van der Waals surface area contributed by atoms with Crippen LogP contribution in [0.5, 0.6) is 0 Å². The first-order chi connectivity index (χ1) is 8.89. The van der Waals surface area contributed by atoms with Gasteiger partial charge in [-0.25, -0.2) is 8.42 Å². The van der Waals surface area contributed by atoms with Gasteiger partial charge in [0.2, 0.25) is 10.0 Å². The number of aliphatic hydroxyl groups is 1. The fourth-order valence-electron chi connectivity index (χ4n) is 3.47. The van der Waals surface area contributed by atoms with Crippen molar-refractivity contribution in [1.82, 2.24) is 4.31 Å². The fraction of sp³-hybridized carbons (Fsp3) is 0.692. The molecule has 2 saturated heterocycles. The maximum absolute atomic E-state index is 12.8. The third kappa shape index (κ3) is 2.14. The lowest BCUT2D eigenvalue weighted by atomic mass is 10.0. The second kappa shape index (κ2) is 4.55. The van der Waals surface area contributed by atoms with Crippen LogP contribution in [0.2, 0.25) is 0 Å². The third-order valence-electron chi connectivity index (χ3n) is 4.19. The van der Waals surface area contributed by atoms with Crippen LogP contribution in [-0.4, -0.2) is 36.0 Å². The average Bonchev–Trinajstić information content (AvgIpc) is 2.78. The average molecular weight is 301 g/mol. The van der Waals surface area contributed by atoms with Gasteiger partial charge in [-0.05, 0) is 45.6 Å². The number of rotatable bonds is 2. The van der Waals surface area contributed by atoms with E-state index in [9.17, 15) is 13.5 Å². The number of aryl methyl sites for hydroxylation is 2. The Morgan fingerprint density at radius 2 is 1.84 bits per heavy atom. The van der Waals surface area contributed by atoms with E-state index in [0.29, 0.717) is 17.7 Å². The van der Waals surface area contributed by atoms with Gasteiger partial charge in [-0.15, -0.1) is 11.3 Å². The molecule has 106 valence electrons. The van der Waals surface area contributed by atoms with Crippen molar-refractivity contribution in [1.29, 1.82) is 0 Å². The molecule has 1 aromatic heterocycles. The summed E-state index contributed by atoms with van der Waals surface area (Å²) >= 11 is 1.53. The Balaban J connectivity index is 2.00. The van der Waals surface area contributed by atoms with E-state index in [0.717, 1.165) is 22.6 Å². The van der Waals surface area contributed by atoms with Crippen LogP contribution in [-0.2, 0) is 10.0 Å². The van der Waals surface area contributed by atoms with Crippen LogP contribution in [0.25, 0.3) is 0 Å². The summed E-state index contributed by atoms with van der Waals surface area (Å²) < 4.78 is 27.4. The minimum Gasteiger partial charge on any atom is -0.393 e. The van der Waals surface area contributed by atoms with E-state index in [4.69, 9.17) is 0 Å². The van der Waals surface area contributed by atoms with Gasteiger partial charge in [-0.1, -0.05) is 0 Å². The van der Waals surface area contributed by atoms with Crippen molar-refractivity contribution < 1.29 is 13.5 Å². The maximum Gasteiger partial charge on any atom is 0.244 e. The molecule has 1 N–H and O–H groups in total. The zero-order valence-corrected chi connectivity index (χ0v) is 12.8. The van der Waals surface area contributed by atoms with Crippen molar-refractivity contribution in [3.8, 4) is 0 Å². The molecule has 2 atom stereocenters. The molecule has 0 radical (unpaired) electrons. The summed E-state index contributed by atoms with van der Waals surface area (Å²) in [6.07, 6.45) is 2.58. The maximum atomic E-state index is 12.8. The molecule has 0 aliphatic carbocycles. The molecule has 2 fully saturated rings. The van der Waals surface area contributed by atoms with E-state index < -0.39 is 10.0 Å². The number of fused-ring (bicyclic) bond motifs is 2. The van der Waals surface area contributed by atoms with Gasteiger partial charge in [0.25, 0.3) is 0 Å². The van der Waals surface area contributed by atoms with Gasteiger partial charge in [0.05, 0.1) is 11.0 Å². The van der Waals surface area contributed by atoms with Crippen LogP contribution < -0.4 is 0 Å². The quantitative estimate of drug-likeness (QED) is 0.909. The highest BCUT2D eigenvalue weighted by Crippen LogP contribution is 2.41. The van der Waals surface area contributed by atoms with Crippen LogP contribution in [0.4, 0.5) is 0 Å². The number of thiophene rings is 1. The van der Waals surface area contributed by atoms with Crippen molar-refractivity contribution in [2.75, 3.05) is 0 Å². The molecule has 2 aliphatic rings. The number of hydrogen-bond acceptors (Lipinski definition) is 4. The lowest BCUT2D eigenvalue weighted by Gasteiger charge is -2.35. The first kappa shape index (κ1) is 13.5. The number of hydrogen-bond donors (Lipinski definition) is 1. The predicted octanol–water partition coefficient (Wildman–Crippen LogP) is 2.04. The topological polar surface area (TPSA) is 57.6 Å². The van der Waals surface area contributed by atoms with Gasteiger partial charge in [-0.3, -0.25) is 0 Å². The summed E-state index contributed by atoms with van der Waals surface area (Å²) in [7, 11) is -3.40. The van der Waals surface area contributed by atoms with Crippen molar-refractivity contribution in [3.63, 3.8) is 0 Å². The molecule has 2 aliphatic heterocycles. The summed E-state index contributed by atoms with van der Waals surface area (Å²) in [5, 5.41) is 9.78. The molecule has 1 aromatic rings. The molecular formula is C13H19NO3S2. The minimum atomic E-state index is -3.40. The second-order valence-electron chi connectivity index (χ2n) is 5.62. The van der Waals surface area contributed by atoms with Crippen molar-refractivity contribution in [2.45, 2.75) is 62.6 Å². The summed E-state index contributed by atoms with van der Waals surface area (Å²) in [5.74, 6) is 0. The Bertz CT molecular complexity index is 579. The standard InChI is InChI=1S/C13H19NO3S2/c1-8-5-13(9(2)18-8)19(16,17)14-10-3-4-11(14)7-12(15)6-10/h5,10-12,15H,3-4,6-7H2,1-2H3. The second-order valence-corrected chi connectivity index (χ2v) is 8.89. The highest BCUT2D eigenvalue weighted by atomic mass is 32.2. The largest absolute Gasteiger partial charge is 0.393 e. The molecule has 6 heteroatoms. The molecule has 2 unspecified atom stereocenters. The van der Waals surface area contributed by atoms with Gasteiger partial charge in [0.1, 0.15) is 0 Å². The van der Waals surface area contributed by atoms with Crippen LogP contribution in [0.15, 0.2) is 11.0 Å².